The zero-order valence-electron chi connectivity index (χ0n) is 11.8. The maximum Gasteiger partial charge on any atom is 0.226 e. The molecule has 1 aromatic heterocycles. The van der Waals surface area contributed by atoms with Crippen molar-refractivity contribution < 1.29 is 4.79 Å². The minimum Gasteiger partial charge on any atom is -0.356 e. The molecule has 20 heavy (non-hydrogen) atoms. The molecule has 4 heteroatoms. The predicted molar refractivity (Wildman–Crippen MR) is 83.0 cm³/mol. The fraction of sp³-hybridized carbons (Fsp3) is 0.375. The van der Waals surface area contributed by atoms with Crippen LogP contribution in [0.15, 0.2) is 35.7 Å². The zero-order chi connectivity index (χ0) is 14.2. The number of hydrogen-bond acceptors (Lipinski definition) is 3. The van der Waals surface area contributed by atoms with Crippen LogP contribution < -0.4 is 5.32 Å². The van der Waals surface area contributed by atoms with Crippen LogP contribution in [-0.2, 0) is 24.1 Å². The Morgan fingerprint density at radius 2 is 2.05 bits per heavy atom. The lowest BCUT2D eigenvalue weighted by Gasteiger charge is -2.00. The second-order valence-electron chi connectivity index (χ2n) is 4.74. The van der Waals surface area contributed by atoms with Crippen molar-refractivity contribution in [2.75, 3.05) is 6.54 Å². The van der Waals surface area contributed by atoms with Gasteiger partial charge in [-0.3, -0.25) is 4.79 Å². The third-order valence-electron chi connectivity index (χ3n) is 2.98. The lowest BCUT2D eigenvalue weighted by atomic mass is 10.1. The maximum atomic E-state index is 11.6. The van der Waals surface area contributed by atoms with Crippen molar-refractivity contribution in [3.8, 4) is 0 Å². The Kier molecular flexibility index (Phi) is 5.74. The smallest absolute Gasteiger partial charge is 0.226 e. The lowest BCUT2D eigenvalue weighted by molar-refractivity contribution is -0.120. The second kappa shape index (κ2) is 7.80. The number of carbonyl (C=O) groups is 1. The quantitative estimate of drug-likeness (QED) is 0.851. The summed E-state index contributed by atoms with van der Waals surface area (Å²) in [5.41, 5.74) is 2.21. The van der Waals surface area contributed by atoms with Crippen LogP contribution in [0.3, 0.4) is 0 Å². The van der Waals surface area contributed by atoms with Gasteiger partial charge in [-0.05, 0) is 18.4 Å². The summed E-state index contributed by atoms with van der Waals surface area (Å²) < 4.78 is 0. The molecule has 0 bridgehead atoms. The summed E-state index contributed by atoms with van der Waals surface area (Å²) in [4.78, 5) is 16.1. The molecule has 0 aliphatic heterocycles. The zero-order valence-corrected chi connectivity index (χ0v) is 12.6. The van der Waals surface area contributed by atoms with Crippen LogP contribution in [0.4, 0.5) is 0 Å². The SMILES string of the molecule is CCCNC(=O)Cc1csc(CCc2ccccc2)n1. The van der Waals surface area contributed by atoms with Gasteiger partial charge in [-0.25, -0.2) is 4.98 Å². The highest BCUT2D eigenvalue weighted by atomic mass is 32.1. The molecule has 3 nitrogen and oxygen atoms in total. The van der Waals surface area contributed by atoms with E-state index in [0.29, 0.717) is 6.42 Å². The molecule has 2 aromatic rings. The average Bonchev–Trinajstić information content (AvgIpc) is 2.91. The molecule has 1 aromatic carbocycles. The number of nitrogens with one attached hydrogen (secondary N) is 1. The molecule has 1 heterocycles. The number of aromatic nitrogens is 1. The molecule has 1 amide bonds. The van der Waals surface area contributed by atoms with E-state index in [0.717, 1.165) is 36.5 Å². The first kappa shape index (κ1) is 14.7. The summed E-state index contributed by atoms with van der Waals surface area (Å²) in [6, 6.07) is 10.4. The van der Waals surface area contributed by atoms with Crippen molar-refractivity contribution in [2.45, 2.75) is 32.6 Å². The molecule has 0 unspecified atom stereocenters. The highest BCUT2D eigenvalue weighted by Gasteiger charge is 2.07. The molecule has 1 N–H and O–H groups in total. The molecular weight excluding hydrogens is 268 g/mol. The number of aryl methyl sites for hydroxylation is 2. The highest BCUT2D eigenvalue weighted by molar-refractivity contribution is 7.09. The Hall–Kier alpha value is -1.68. The van der Waals surface area contributed by atoms with Crippen LogP contribution >= 0.6 is 11.3 Å². The van der Waals surface area contributed by atoms with Gasteiger partial charge in [0.05, 0.1) is 17.1 Å². The van der Waals surface area contributed by atoms with E-state index in [2.05, 4.69) is 34.6 Å². The Morgan fingerprint density at radius 1 is 1.25 bits per heavy atom. The first-order valence-electron chi connectivity index (χ1n) is 7.02. The number of hydrogen-bond donors (Lipinski definition) is 1. The number of carbonyl (C=O) groups excluding carboxylic acids is 1. The topological polar surface area (TPSA) is 42.0 Å². The fourth-order valence-electron chi connectivity index (χ4n) is 1.93. The van der Waals surface area contributed by atoms with Crippen molar-refractivity contribution in [3.63, 3.8) is 0 Å². The molecular formula is C16H20N2OS. The van der Waals surface area contributed by atoms with Crippen LogP contribution in [0.1, 0.15) is 29.6 Å². The van der Waals surface area contributed by atoms with Gasteiger partial charge in [0.15, 0.2) is 0 Å². The van der Waals surface area contributed by atoms with Crippen molar-refractivity contribution in [3.05, 3.63) is 52.0 Å². The predicted octanol–water partition coefficient (Wildman–Crippen LogP) is 3.00. The third-order valence-corrected chi connectivity index (χ3v) is 3.94. The minimum absolute atomic E-state index is 0.0618. The second-order valence-corrected chi connectivity index (χ2v) is 5.69. The van der Waals surface area contributed by atoms with Crippen LogP contribution in [0.2, 0.25) is 0 Å². The lowest BCUT2D eigenvalue weighted by Crippen LogP contribution is -2.25. The van der Waals surface area contributed by atoms with Crippen LogP contribution in [0.25, 0.3) is 0 Å². The maximum absolute atomic E-state index is 11.6. The average molecular weight is 288 g/mol. The summed E-state index contributed by atoms with van der Waals surface area (Å²) in [6.07, 6.45) is 3.29. The number of benzene rings is 1. The van der Waals surface area contributed by atoms with E-state index in [1.807, 2.05) is 18.4 Å². The summed E-state index contributed by atoms with van der Waals surface area (Å²) in [5.74, 6) is 0.0618. The normalized spacial score (nSPS) is 10.4. The number of thiazole rings is 1. The summed E-state index contributed by atoms with van der Waals surface area (Å²) in [6.45, 7) is 2.79. The molecule has 0 atom stereocenters. The van der Waals surface area contributed by atoms with Gasteiger partial charge in [-0.15, -0.1) is 11.3 Å². The van der Waals surface area contributed by atoms with Gasteiger partial charge in [0.1, 0.15) is 0 Å². The number of nitrogens with zero attached hydrogens (tertiary/aromatic N) is 1. The number of amides is 1. The molecule has 0 radical (unpaired) electrons. The summed E-state index contributed by atoms with van der Waals surface area (Å²) in [5, 5.41) is 5.97. The van der Waals surface area contributed by atoms with Gasteiger partial charge >= 0.3 is 0 Å². The Labute approximate surface area is 124 Å². The first-order chi connectivity index (χ1) is 9.78. The summed E-state index contributed by atoms with van der Waals surface area (Å²) >= 11 is 1.64. The Bertz CT molecular complexity index is 536. The molecule has 106 valence electrons. The van der Waals surface area contributed by atoms with Crippen molar-refractivity contribution >= 4 is 17.2 Å². The fourth-order valence-corrected chi connectivity index (χ4v) is 2.73. The minimum atomic E-state index is 0.0618. The van der Waals surface area contributed by atoms with Gasteiger partial charge in [-0.1, -0.05) is 37.3 Å². The standard InChI is InChI=1S/C16H20N2OS/c1-2-10-17-15(19)11-14-12-20-16(18-14)9-8-13-6-4-3-5-7-13/h3-7,12H,2,8-11H2,1H3,(H,17,19). The van der Waals surface area contributed by atoms with Gasteiger partial charge < -0.3 is 5.32 Å². The monoisotopic (exact) mass is 288 g/mol. The highest BCUT2D eigenvalue weighted by Crippen LogP contribution is 2.13. The molecule has 0 aliphatic rings. The molecule has 0 spiro atoms. The van der Waals surface area contributed by atoms with Gasteiger partial charge in [0, 0.05) is 18.3 Å². The largest absolute Gasteiger partial charge is 0.356 e. The van der Waals surface area contributed by atoms with Gasteiger partial charge in [-0.2, -0.15) is 0 Å². The van der Waals surface area contributed by atoms with Crippen molar-refractivity contribution in [2.24, 2.45) is 0 Å². The van der Waals surface area contributed by atoms with Crippen molar-refractivity contribution in [1.82, 2.24) is 10.3 Å². The first-order valence-corrected chi connectivity index (χ1v) is 7.90. The van der Waals surface area contributed by atoms with E-state index in [4.69, 9.17) is 0 Å². The molecule has 2 rings (SSSR count). The van der Waals surface area contributed by atoms with E-state index >= 15 is 0 Å². The molecule has 0 aliphatic carbocycles. The molecule has 0 fully saturated rings. The Balaban J connectivity index is 1.81. The summed E-state index contributed by atoms with van der Waals surface area (Å²) in [7, 11) is 0. The molecule has 0 saturated heterocycles. The van der Waals surface area contributed by atoms with E-state index < -0.39 is 0 Å². The number of rotatable bonds is 7. The van der Waals surface area contributed by atoms with E-state index in [1.165, 1.54) is 5.56 Å². The third kappa shape index (κ3) is 4.78. The van der Waals surface area contributed by atoms with E-state index in [9.17, 15) is 4.79 Å². The molecule has 0 saturated carbocycles. The van der Waals surface area contributed by atoms with Crippen LogP contribution in [0, 0.1) is 0 Å². The van der Waals surface area contributed by atoms with E-state index in [-0.39, 0.29) is 5.91 Å². The van der Waals surface area contributed by atoms with Crippen LogP contribution in [-0.4, -0.2) is 17.4 Å². The van der Waals surface area contributed by atoms with Gasteiger partial charge in [0.25, 0.3) is 0 Å². The Morgan fingerprint density at radius 3 is 2.80 bits per heavy atom. The van der Waals surface area contributed by atoms with E-state index in [1.54, 1.807) is 11.3 Å². The van der Waals surface area contributed by atoms with Gasteiger partial charge in [0.2, 0.25) is 5.91 Å². The van der Waals surface area contributed by atoms with Crippen LogP contribution in [0.5, 0.6) is 0 Å². The van der Waals surface area contributed by atoms with Crippen molar-refractivity contribution in [1.29, 1.82) is 0 Å².